The average Bonchev–Trinajstić information content (AvgIpc) is 2.60. The second-order valence-electron chi connectivity index (χ2n) is 3.07. The molecule has 0 radical (unpaired) electrons. The number of pyridine rings is 1. The molecule has 3 heterocycles. The summed E-state index contributed by atoms with van der Waals surface area (Å²) in [5, 5.41) is 1.14. The molecular weight excluding hydrogens is 180 g/mol. The number of thiazole rings is 1. The molecule has 0 unspecified atom stereocenters. The van der Waals surface area contributed by atoms with Gasteiger partial charge in [0.25, 0.3) is 0 Å². The van der Waals surface area contributed by atoms with E-state index in [1.807, 2.05) is 13.0 Å². The first kappa shape index (κ1) is 7.09. The third-order valence-corrected chi connectivity index (χ3v) is 3.15. The topological polar surface area (TPSA) is 17.3 Å². The van der Waals surface area contributed by atoms with Crippen molar-refractivity contribution in [1.82, 2.24) is 9.38 Å². The Hall–Kier alpha value is -1.35. The first-order valence-corrected chi connectivity index (χ1v) is 4.99. The molecule has 13 heavy (non-hydrogen) atoms. The fourth-order valence-corrected chi connectivity index (χ4v) is 2.53. The molecule has 0 fully saturated rings. The number of hydrogen-bond acceptors (Lipinski definition) is 2. The monoisotopic (exact) mass is 188 g/mol. The lowest BCUT2D eigenvalue weighted by atomic mass is 10.4. The molecule has 3 rings (SSSR count). The number of nitrogens with zero attached hydrogens (tertiary/aromatic N) is 2. The van der Waals surface area contributed by atoms with Crippen LogP contribution in [0.15, 0.2) is 30.6 Å². The van der Waals surface area contributed by atoms with Crippen molar-refractivity contribution < 1.29 is 0 Å². The van der Waals surface area contributed by atoms with Crippen LogP contribution in [0.1, 0.15) is 5.01 Å². The van der Waals surface area contributed by atoms with Crippen molar-refractivity contribution in [3.05, 3.63) is 35.6 Å². The van der Waals surface area contributed by atoms with Gasteiger partial charge in [-0.1, -0.05) is 6.07 Å². The fourth-order valence-electron chi connectivity index (χ4n) is 1.61. The van der Waals surface area contributed by atoms with Crippen molar-refractivity contribution in [3.8, 4) is 0 Å². The van der Waals surface area contributed by atoms with Crippen LogP contribution in [0.3, 0.4) is 0 Å². The minimum Gasteiger partial charge on any atom is -0.320 e. The van der Waals surface area contributed by atoms with Gasteiger partial charge in [0.15, 0.2) is 0 Å². The molecule has 0 amide bonds. The molecule has 0 aromatic carbocycles. The highest BCUT2D eigenvalue weighted by molar-refractivity contribution is 7.19. The summed E-state index contributed by atoms with van der Waals surface area (Å²) in [4.78, 5) is 4.45. The summed E-state index contributed by atoms with van der Waals surface area (Å²) in [7, 11) is 0. The van der Waals surface area contributed by atoms with E-state index in [4.69, 9.17) is 0 Å². The van der Waals surface area contributed by atoms with Crippen LogP contribution in [0.5, 0.6) is 0 Å². The van der Waals surface area contributed by atoms with Gasteiger partial charge >= 0.3 is 0 Å². The van der Waals surface area contributed by atoms with Gasteiger partial charge in [0, 0.05) is 12.4 Å². The molecule has 64 valence electrons. The second-order valence-corrected chi connectivity index (χ2v) is 4.27. The molecule has 0 spiro atoms. The number of fused-ring (bicyclic) bond motifs is 3. The first-order valence-electron chi connectivity index (χ1n) is 4.17. The third kappa shape index (κ3) is 0.906. The molecule has 3 aromatic rings. The first-order chi connectivity index (χ1) is 6.34. The molecule has 2 nitrogen and oxygen atoms in total. The largest absolute Gasteiger partial charge is 0.320 e. The van der Waals surface area contributed by atoms with Crippen LogP contribution in [0.25, 0.3) is 15.7 Å². The number of rotatable bonds is 0. The zero-order chi connectivity index (χ0) is 8.84. The SMILES string of the molecule is Cc1nc2cn3ccccc3c2s1. The van der Waals surface area contributed by atoms with Crippen molar-refractivity contribution in [2.24, 2.45) is 0 Å². The molecule has 0 bridgehead atoms. The maximum atomic E-state index is 4.45. The Kier molecular flexibility index (Phi) is 1.27. The number of aromatic nitrogens is 2. The average molecular weight is 188 g/mol. The minimum atomic E-state index is 1.11. The maximum absolute atomic E-state index is 4.45. The Balaban J connectivity index is 2.60. The molecule has 0 atom stereocenters. The quantitative estimate of drug-likeness (QED) is 0.530. The molecule has 0 N–H and O–H groups in total. The van der Waals surface area contributed by atoms with E-state index in [0.29, 0.717) is 0 Å². The normalized spacial score (nSPS) is 11.5. The van der Waals surface area contributed by atoms with E-state index in [1.165, 1.54) is 10.2 Å². The summed E-state index contributed by atoms with van der Waals surface area (Å²) in [6.45, 7) is 2.05. The third-order valence-electron chi connectivity index (χ3n) is 2.14. The van der Waals surface area contributed by atoms with E-state index in [9.17, 15) is 0 Å². The summed E-state index contributed by atoms with van der Waals surface area (Å²) in [5.41, 5.74) is 2.36. The summed E-state index contributed by atoms with van der Waals surface area (Å²) in [6, 6.07) is 6.22. The summed E-state index contributed by atoms with van der Waals surface area (Å²) < 4.78 is 3.41. The van der Waals surface area contributed by atoms with E-state index in [-0.39, 0.29) is 0 Å². The van der Waals surface area contributed by atoms with Crippen LogP contribution in [0.4, 0.5) is 0 Å². The van der Waals surface area contributed by atoms with Crippen molar-refractivity contribution in [1.29, 1.82) is 0 Å². The highest BCUT2D eigenvalue weighted by atomic mass is 32.1. The van der Waals surface area contributed by atoms with Gasteiger partial charge in [-0.2, -0.15) is 0 Å². The Morgan fingerprint density at radius 1 is 1.38 bits per heavy atom. The molecule has 0 aliphatic heterocycles. The van der Waals surface area contributed by atoms with Crippen molar-refractivity contribution in [2.45, 2.75) is 6.92 Å². The highest BCUT2D eigenvalue weighted by Crippen LogP contribution is 2.27. The van der Waals surface area contributed by atoms with E-state index < -0.39 is 0 Å². The standard InChI is InChI=1S/C10H8N2S/c1-7-11-8-6-12-5-3-2-4-9(12)10(8)13-7/h2-6H,1H3. The zero-order valence-corrected chi connectivity index (χ0v) is 8.01. The second kappa shape index (κ2) is 2.33. The lowest BCUT2D eigenvalue weighted by Gasteiger charge is -1.90. The molecule has 3 heteroatoms. The summed E-state index contributed by atoms with van der Waals surface area (Å²) in [6.07, 6.45) is 4.13. The van der Waals surface area contributed by atoms with Crippen LogP contribution >= 0.6 is 11.3 Å². The Labute approximate surface area is 79.5 Å². The molecule has 0 saturated carbocycles. The van der Waals surface area contributed by atoms with Crippen molar-refractivity contribution in [2.75, 3.05) is 0 Å². The maximum Gasteiger partial charge on any atom is 0.100 e. The predicted octanol–water partition coefficient (Wildman–Crippen LogP) is 2.86. The molecule has 0 aliphatic carbocycles. The Morgan fingerprint density at radius 3 is 3.23 bits per heavy atom. The van der Waals surface area contributed by atoms with Gasteiger partial charge < -0.3 is 4.40 Å². The van der Waals surface area contributed by atoms with Gasteiger partial charge in [-0.15, -0.1) is 11.3 Å². The van der Waals surface area contributed by atoms with Gasteiger partial charge in [0.1, 0.15) is 5.52 Å². The number of hydrogen-bond donors (Lipinski definition) is 0. The Bertz CT molecular complexity index is 577. The lowest BCUT2D eigenvalue weighted by Crippen LogP contribution is -1.77. The van der Waals surface area contributed by atoms with E-state index in [1.54, 1.807) is 11.3 Å². The van der Waals surface area contributed by atoms with Crippen molar-refractivity contribution >= 4 is 27.1 Å². The predicted molar refractivity (Wildman–Crippen MR) is 55.3 cm³/mol. The van der Waals surface area contributed by atoms with Crippen LogP contribution in [0.2, 0.25) is 0 Å². The lowest BCUT2D eigenvalue weighted by molar-refractivity contribution is 1.20. The van der Waals surface area contributed by atoms with E-state index >= 15 is 0 Å². The van der Waals surface area contributed by atoms with Crippen LogP contribution in [0, 0.1) is 6.92 Å². The van der Waals surface area contributed by atoms with Crippen LogP contribution in [-0.2, 0) is 0 Å². The molecule has 0 aliphatic rings. The zero-order valence-electron chi connectivity index (χ0n) is 7.19. The van der Waals surface area contributed by atoms with Gasteiger partial charge in [-0.25, -0.2) is 4.98 Å². The molecule has 3 aromatic heterocycles. The van der Waals surface area contributed by atoms with Crippen LogP contribution < -0.4 is 0 Å². The summed E-state index contributed by atoms with van der Waals surface area (Å²) >= 11 is 1.76. The van der Waals surface area contributed by atoms with Crippen LogP contribution in [-0.4, -0.2) is 9.38 Å². The van der Waals surface area contributed by atoms with Crippen molar-refractivity contribution in [3.63, 3.8) is 0 Å². The van der Waals surface area contributed by atoms with Gasteiger partial charge in [-0.05, 0) is 19.1 Å². The fraction of sp³-hybridized carbons (Fsp3) is 0.100. The minimum absolute atomic E-state index is 1.11. The van der Waals surface area contributed by atoms with Gasteiger partial charge in [-0.3, -0.25) is 0 Å². The van der Waals surface area contributed by atoms with E-state index in [0.717, 1.165) is 10.5 Å². The van der Waals surface area contributed by atoms with Gasteiger partial charge in [0.2, 0.25) is 0 Å². The van der Waals surface area contributed by atoms with Gasteiger partial charge in [0.05, 0.1) is 15.2 Å². The summed E-state index contributed by atoms with van der Waals surface area (Å²) in [5.74, 6) is 0. The van der Waals surface area contributed by atoms with E-state index in [2.05, 4.69) is 33.9 Å². The smallest absolute Gasteiger partial charge is 0.100 e. The Morgan fingerprint density at radius 2 is 2.31 bits per heavy atom. The molecule has 0 saturated heterocycles. The molecular formula is C10H8N2S. The number of aryl methyl sites for hydroxylation is 1. The highest BCUT2D eigenvalue weighted by Gasteiger charge is 2.05.